The van der Waals surface area contributed by atoms with E-state index in [0.717, 1.165) is 0 Å². The summed E-state index contributed by atoms with van der Waals surface area (Å²) in [6.45, 7) is 3.07. The first-order valence-corrected chi connectivity index (χ1v) is 11.4. The van der Waals surface area contributed by atoms with Crippen molar-refractivity contribution in [3.05, 3.63) is 60.3 Å². The van der Waals surface area contributed by atoms with E-state index in [0.29, 0.717) is 17.7 Å². The predicted molar refractivity (Wildman–Crippen MR) is 130 cm³/mol. The molecule has 3 aromatic rings. The van der Waals surface area contributed by atoms with Gasteiger partial charge in [0.2, 0.25) is 5.95 Å². The molecule has 0 aliphatic heterocycles. The van der Waals surface area contributed by atoms with Crippen LogP contribution in [-0.2, 0) is 25.2 Å². The fourth-order valence-corrected chi connectivity index (χ4v) is 3.22. The molecule has 2 N–H and O–H groups in total. The minimum Gasteiger partial charge on any atom is -0.482 e. The van der Waals surface area contributed by atoms with Crippen molar-refractivity contribution in [2.24, 2.45) is 0 Å². The molecule has 0 saturated carbocycles. The van der Waals surface area contributed by atoms with Gasteiger partial charge in [-0.2, -0.15) is 18.2 Å². The maximum Gasteiger partial charge on any atom is 0.421 e. The third-order valence-electron chi connectivity index (χ3n) is 4.82. The third-order valence-corrected chi connectivity index (χ3v) is 4.82. The summed E-state index contributed by atoms with van der Waals surface area (Å²) in [6, 6.07) is 11.9. The number of hydrogen-bond donors (Lipinski definition) is 1. The SMILES string of the molecule is CCOC(=O)COc1ccc(N(c2ccc(OCC(=O)OCC)cc2)c2nc(N)ncc2C(F)(F)F)cc1. The van der Waals surface area contributed by atoms with Crippen molar-refractivity contribution in [1.82, 2.24) is 9.97 Å². The second-order valence-corrected chi connectivity index (χ2v) is 7.47. The molecule has 3 rings (SSSR count). The van der Waals surface area contributed by atoms with E-state index in [1.165, 1.54) is 53.4 Å². The lowest BCUT2D eigenvalue weighted by Gasteiger charge is -2.27. The van der Waals surface area contributed by atoms with Crippen molar-refractivity contribution in [2.75, 3.05) is 37.1 Å². The van der Waals surface area contributed by atoms with Crippen LogP contribution in [0.25, 0.3) is 0 Å². The topological polar surface area (TPSA) is 126 Å². The summed E-state index contributed by atoms with van der Waals surface area (Å²) in [7, 11) is 0. The fourth-order valence-electron chi connectivity index (χ4n) is 3.22. The third kappa shape index (κ3) is 7.48. The number of esters is 2. The van der Waals surface area contributed by atoms with E-state index in [-0.39, 0.29) is 43.8 Å². The van der Waals surface area contributed by atoms with Crippen molar-refractivity contribution in [1.29, 1.82) is 0 Å². The molecule has 2 aromatic carbocycles. The number of nitrogen functional groups attached to an aromatic ring is 1. The summed E-state index contributed by atoms with van der Waals surface area (Å²) < 4.78 is 62.1. The zero-order valence-electron chi connectivity index (χ0n) is 20.5. The van der Waals surface area contributed by atoms with E-state index in [4.69, 9.17) is 24.7 Å². The molecule has 1 heterocycles. The first-order valence-electron chi connectivity index (χ1n) is 11.4. The summed E-state index contributed by atoms with van der Waals surface area (Å²) in [4.78, 5) is 31.7. The lowest BCUT2D eigenvalue weighted by Crippen LogP contribution is -2.20. The van der Waals surface area contributed by atoms with Gasteiger partial charge in [0, 0.05) is 17.6 Å². The Kier molecular flexibility index (Phi) is 9.30. The van der Waals surface area contributed by atoms with Crippen LogP contribution in [0.1, 0.15) is 19.4 Å². The van der Waals surface area contributed by atoms with E-state index in [9.17, 15) is 22.8 Å². The Morgan fingerprint density at radius 1 is 0.842 bits per heavy atom. The number of aromatic nitrogens is 2. The molecule has 10 nitrogen and oxygen atoms in total. The quantitative estimate of drug-likeness (QED) is 0.353. The molecule has 38 heavy (non-hydrogen) atoms. The van der Waals surface area contributed by atoms with Crippen LogP contribution in [0.3, 0.4) is 0 Å². The normalized spacial score (nSPS) is 11.0. The Labute approximate surface area is 216 Å². The molecule has 0 fully saturated rings. The number of nitrogens with zero attached hydrogens (tertiary/aromatic N) is 3. The van der Waals surface area contributed by atoms with E-state index in [1.807, 2.05) is 0 Å². The molecule has 0 unspecified atom stereocenters. The monoisotopic (exact) mass is 534 g/mol. The number of anilines is 4. The van der Waals surface area contributed by atoms with Crippen LogP contribution in [0.4, 0.5) is 36.3 Å². The average molecular weight is 534 g/mol. The van der Waals surface area contributed by atoms with Crippen LogP contribution >= 0.6 is 0 Å². The standard InChI is InChI=1S/C25H25F3N4O6/c1-3-35-21(33)14-37-18-9-5-16(6-10-18)32(23-20(25(26,27)28)13-30-24(29)31-23)17-7-11-19(12-8-17)38-15-22(34)36-4-2/h5-13H,3-4,14-15H2,1-2H3,(H2,29,30,31). The van der Waals surface area contributed by atoms with Gasteiger partial charge in [0.05, 0.1) is 13.2 Å². The summed E-state index contributed by atoms with van der Waals surface area (Å²) in [5.41, 5.74) is 5.09. The van der Waals surface area contributed by atoms with Crippen molar-refractivity contribution in [2.45, 2.75) is 20.0 Å². The van der Waals surface area contributed by atoms with Gasteiger partial charge in [-0.25, -0.2) is 14.6 Å². The smallest absolute Gasteiger partial charge is 0.421 e. The molecular weight excluding hydrogens is 509 g/mol. The van der Waals surface area contributed by atoms with Crippen molar-refractivity contribution in [3.63, 3.8) is 0 Å². The molecule has 0 amide bonds. The zero-order chi connectivity index (χ0) is 27.7. The van der Waals surface area contributed by atoms with Crippen LogP contribution in [0.2, 0.25) is 0 Å². The van der Waals surface area contributed by atoms with E-state index in [1.54, 1.807) is 13.8 Å². The van der Waals surface area contributed by atoms with Crippen molar-refractivity contribution >= 4 is 35.1 Å². The minimum atomic E-state index is -4.79. The van der Waals surface area contributed by atoms with Crippen LogP contribution in [0.15, 0.2) is 54.7 Å². The van der Waals surface area contributed by atoms with Gasteiger partial charge in [-0.05, 0) is 62.4 Å². The highest BCUT2D eigenvalue weighted by molar-refractivity contribution is 5.77. The van der Waals surface area contributed by atoms with Crippen molar-refractivity contribution < 1.29 is 41.7 Å². The van der Waals surface area contributed by atoms with Gasteiger partial charge in [0.1, 0.15) is 17.1 Å². The highest BCUT2D eigenvalue weighted by Gasteiger charge is 2.37. The Hall–Kier alpha value is -4.55. The van der Waals surface area contributed by atoms with Gasteiger partial charge >= 0.3 is 18.1 Å². The number of halogens is 3. The second-order valence-electron chi connectivity index (χ2n) is 7.47. The Morgan fingerprint density at radius 2 is 1.29 bits per heavy atom. The van der Waals surface area contributed by atoms with Crippen molar-refractivity contribution in [3.8, 4) is 11.5 Å². The maximum atomic E-state index is 13.9. The largest absolute Gasteiger partial charge is 0.482 e. The maximum absolute atomic E-state index is 13.9. The van der Waals surface area contributed by atoms with Gasteiger partial charge in [0.15, 0.2) is 19.0 Å². The predicted octanol–water partition coefficient (Wildman–Crippen LogP) is 4.43. The van der Waals surface area contributed by atoms with Gasteiger partial charge in [-0.15, -0.1) is 0 Å². The highest BCUT2D eigenvalue weighted by atomic mass is 19.4. The number of ether oxygens (including phenoxy) is 4. The molecule has 0 aliphatic carbocycles. The second kappa shape index (κ2) is 12.6. The summed E-state index contributed by atoms with van der Waals surface area (Å²) in [5, 5.41) is 0. The molecular formula is C25H25F3N4O6. The number of carbonyl (C=O) groups excluding carboxylic acids is 2. The summed E-state index contributed by atoms with van der Waals surface area (Å²) in [6.07, 6.45) is -4.18. The summed E-state index contributed by atoms with van der Waals surface area (Å²) in [5.74, 6) is -1.40. The molecule has 202 valence electrons. The zero-order valence-corrected chi connectivity index (χ0v) is 20.5. The molecule has 13 heteroatoms. The molecule has 0 radical (unpaired) electrons. The Bertz CT molecular complexity index is 1170. The molecule has 1 aromatic heterocycles. The first-order chi connectivity index (χ1) is 18.1. The van der Waals surface area contributed by atoms with E-state index >= 15 is 0 Å². The molecule has 0 aliphatic rings. The molecule has 0 bridgehead atoms. The van der Waals surface area contributed by atoms with Crippen LogP contribution < -0.4 is 20.1 Å². The lowest BCUT2D eigenvalue weighted by atomic mass is 10.2. The number of hydrogen-bond acceptors (Lipinski definition) is 10. The summed E-state index contributed by atoms with van der Waals surface area (Å²) >= 11 is 0. The van der Waals surface area contributed by atoms with Gasteiger partial charge in [0.25, 0.3) is 0 Å². The minimum absolute atomic E-state index is 0.201. The number of benzene rings is 2. The molecule has 0 spiro atoms. The number of carbonyl (C=O) groups is 2. The van der Waals surface area contributed by atoms with E-state index < -0.39 is 29.5 Å². The Morgan fingerprint density at radius 3 is 1.68 bits per heavy atom. The number of rotatable bonds is 11. The average Bonchev–Trinajstić information content (AvgIpc) is 2.88. The fraction of sp³-hybridized carbons (Fsp3) is 0.280. The lowest BCUT2D eigenvalue weighted by molar-refractivity contribution is -0.146. The number of nitrogens with two attached hydrogens (primary N) is 1. The van der Waals surface area contributed by atoms with E-state index in [2.05, 4.69) is 9.97 Å². The van der Waals surface area contributed by atoms with Gasteiger partial charge < -0.3 is 24.7 Å². The highest BCUT2D eigenvalue weighted by Crippen LogP contribution is 2.42. The van der Waals surface area contributed by atoms with Gasteiger partial charge in [-0.1, -0.05) is 0 Å². The van der Waals surface area contributed by atoms with Gasteiger partial charge in [-0.3, -0.25) is 4.90 Å². The first kappa shape index (κ1) is 28.0. The number of alkyl halides is 3. The molecule has 0 saturated heterocycles. The Balaban J connectivity index is 1.97. The molecule has 0 atom stereocenters. The van der Waals surface area contributed by atoms with Crippen LogP contribution in [-0.4, -0.2) is 48.3 Å². The van der Waals surface area contributed by atoms with Crippen LogP contribution in [0.5, 0.6) is 11.5 Å². The van der Waals surface area contributed by atoms with Crippen LogP contribution in [0, 0.1) is 0 Å².